The zero-order valence-corrected chi connectivity index (χ0v) is 24.0. The number of amides is 1. The zero-order valence-electron chi connectivity index (χ0n) is 23.3. The summed E-state index contributed by atoms with van der Waals surface area (Å²) >= 11 is 6.33. The van der Waals surface area contributed by atoms with Gasteiger partial charge < -0.3 is 26.4 Å². The molecule has 0 unspecified atom stereocenters. The fraction of sp³-hybridized carbons (Fsp3) is 0.241. The van der Waals surface area contributed by atoms with Crippen LogP contribution in [-0.4, -0.2) is 43.4 Å². The van der Waals surface area contributed by atoms with E-state index in [1.54, 1.807) is 33.2 Å². The lowest BCUT2D eigenvalue weighted by atomic mass is 9.98. The number of halogens is 1. The quantitative estimate of drug-likeness (QED) is 0.153. The Morgan fingerprint density at radius 1 is 1.13 bits per heavy atom. The van der Waals surface area contributed by atoms with Crippen molar-refractivity contribution in [3.63, 3.8) is 0 Å². The van der Waals surface area contributed by atoms with E-state index in [9.17, 15) is 9.59 Å². The van der Waals surface area contributed by atoms with Crippen LogP contribution in [0.15, 0.2) is 65.5 Å². The third-order valence-electron chi connectivity index (χ3n) is 5.91. The molecule has 0 saturated carbocycles. The average molecular weight is 551 g/mol. The number of rotatable bonds is 9. The van der Waals surface area contributed by atoms with E-state index in [4.69, 9.17) is 16.3 Å². The lowest BCUT2D eigenvalue weighted by Crippen LogP contribution is -2.17. The van der Waals surface area contributed by atoms with Gasteiger partial charge in [-0.05, 0) is 81.3 Å². The van der Waals surface area contributed by atoms with Gasteiger partial charge in [0, 0.05) is 23.9 Å². The summed E-state index contributed by atoms with van der Waals surface area (Å²) in [6, 6.07) is 11.2. The van der Waals surface area contributed by atoms with E-state index in [0.717, 1.165) is 28.5 Å². The summed E-state index contributed by atoms with van der Waals surface area (Å²) < 4.78 is 5.64. The number of nitrogens with one attached hydrogen (secondary N) is 3. The third kappa shape index (κ3) is 7.66. The molecule has 0 radical (unpaired) electrons. The number of aromatic nitrogens is 2. The van der Waals surface area contributed by atoms with Gasteiger partial charge in [-0.2, -0.15) is 4.98 Å². The number of aryl methyl sites for hydroxylation is 1. The van der Waals surface area contributed by atoms with Crippen LogP contribution in [0.2, 0.25) is 5.02 Å². The molecule has 1 aromatic heterocycles. The Morgan fingerprint density at radius 2 is 1.79 bits per heavy atom. The molecule has 9 nitrogen and oxygen atoms in total. The minimum Gasteiger partial charge on any atom is -0.495 e. The van der Waals surface area contributed by atoms with E-state index < -0.39 is 0 Å². The third-order valence-corrected chi connectivity index (χ3v) is 6.18. The minimum absolute atomic E-state index is 0.137. The molecule has 0 aliphatic carbocycles. The number of carbonyl (C=O) groups is 2. The number of ether oxygens (including phenoxy) is 1. The Balaban J connectivity index is 0.00000260. The monoisotopic (exact) mass is 550 g/mol. The molecule has 0 bridgehead atoms. The lowest BCUT2D eigenvalue weighted by molar-refractivity contribution is -0.104. The van der Waals surface area contributed by atoms with Gasteiger partial charge in [0.25, 0.3) is 5.91 Å². The number of allylic oxidation sites excluding steroid dienone is 4. The van der Waals surface area contributed by atoms with Gasteiger partial charge in [0.15, 0.2) is 12.1 Å². The molecule has 1 amide bonds. The first-order valence-electron chi connectivity index (χ1n) is 12.2. The van der Waals surface area contributed by atoms with E-state index in [2.05, 4.69) is 31.7 Å². The number of nitrogens with zero attached hydrogens (tertiary/aromatic N) is 2. The second-order valence-corrected chi connectivity index (χ2v) is 8.70. The summed E-state index contributed by atoms with van der Waals surface area (Å²) in [5, 5.41) is 9.25. The van der Waals surface area contributed by atoms with Gasteiger partial charge in [0.1, 0.15) is 10.8 Å². The van der Waals surface area contributed by atoms with Crippen molar-refractivity contribution in [2.75, 3.05) is 31.8 Å². The van der Waals surface area contributed by atoms with Gasteiger partial charge >= 0.3 is 0 Å². The van der Waals surface area contributed by atoms with Crippen LogP contribution < -0.4 is 26.4 Å². The van der Waals surface area contributed by atoms with Crippen LogP contribution in [-0.2, 0) is 4.79 Å². The summed E-state index contributed by atoms with van der Waals surface area (Å²) in [6.45, 7) is 7.50. The van der Waals surface area contributed by atoms with Gasteiger partial charge in [0.05, 0.1) is 19.0 Å². The summed E-state index contributed by atoms with van der Waals surface area (Å²) in [4.78, 5) is 32.2. The number of hydrogen-bond donors (Lipinski definition) is 4. The molecule has 0 saturated heterocycles. The van der Waals surface area contributed by atoms with E-state index in [-0.39, 0.29) is 5.91 Å². The maximum absolute atomic E-state index is 11.9. The van der Waals surface area contributed by atoms with Crippen LogP contribution in [0.25, 0.3) is 11.1 Å². The Morgan fingerprint density at radius 3 is 2.36 bits per heavy atom. The first-order valence-corrected chi connectivity index (χ1v) is 12.5. The second-order valence-electron chi connectivity index (χ2n) is 8.29. The highest BCUT2D eigenvalue weighted by Crippen LogP contribution is 2.35. The Hall–Kier alpha value is -4.21. The maximum Gasteiger partial charge on any atom is 0.251 e. The standard InChI is InChI=1S/C28H30ClN5O3.CH5N/c1-7-16(2)22(15-35)18(4)32-26-23(29)14-31-28(34-26)33-24-12-17(3)21(13-25(24)37-6)19-8-10-20(11-9-19)27(36)30-5;1-2/h7-15H,1-6H3,(H,30,36)(H2,31,32,33,34);2H2,1H3/b16-7-,22-18+;. The predicted molar refractivity (Wildman–Crippen MR) is 159 cm³/mol. The van der Waals surface area contributed by atoms with Crippen molar-refractivity contribution in [3.05, 3.63) is 81.7 Å². The van der Waals surface area contributed by atoms with Crippen molar-refractivity contribution in [1.29, 1.82) is 0 Å². The molecule has 10 heteroatoms. The van der Waals surface area contributed by atoms with Crippen molar-refractivity contribution in [2.45, 2.75) is 27.7 Å². The van der Waals surface area contributed by atoms with Crippen LogP contribution in [0.1, 0.15) is 36.7 Å². The maximum atomic E-state index is 11.9. The van der Waals surface area contributed by atoms with E-state index in [1.807, 2.05) is 51.1 Å². The lowest BCUT2D eigenvalue weighted by Gasteiger charge is -2.16. The van der Waals surface area contributed by atoms with Crippen LogP contribution in [0.5, 0.6) is 5.75 Å². The van der Waals surface area contributed by atoms with Crippen LogP contribution in [0, 0.1) is 6.92 Å². The molecule has 2 aromatic carbocycles. The fourth-order valence-corrected chi connectivity index (χ4v) is 3.86. The van der Waals surface area contributed by atoms with Crippen molar-refractivity contribution >= 4 is 41.2 Å². The summed E-state index contributed by atoms with van der Waals surface area (Å²) in [5.74, 6) is 1.12. The average Bonchev–Trinajstić information content (AvgIpc) is 2.96. The van der Waals surface area contributed by atoms with Crippen LogP contribution >= 0.6 is 11.6 Å². The largest absolute Gasteiger partial charge is 0.495 e. The highest BCUT2D eigenvalue weighted by Gasteiger charge is 2.14. The summed E-state index contributed by atoms with van der Waals surface area (Å²) in [5.41, 5.74) is 10.7. The molecular weight excluding hydrogens is 516 g/mol. The molecule has 1 heterocycles. The van der Waals surface area contributed by atoms with Gasteiger partial charge in [-0.25, -0.2) is 4.98 Å². The topological polar surface area (TPSA) is 131 Å². The first-order chi connectivity index (χ1) is 18.7. The van der Waals surface area contributed by atoms with E-state index in [0.29, 0.717) is 45.1 Å². The van der Waals surface area contributed by atoms with Gasteiger partial charge in [-0.1, -0.05) is 29.8 Å². The molecule has 5 N–H and O–H groups in total. The molecule has 0 spiro atoms. The number of carbonyl (C=O) groups excluding carboxylic acids is 2. The van der Waals surface area contributed by atoms with Crippen LogP contribution in [0.4, 0.5) is 17.5 Å². The minimum atomic E-state index is -0.137. The van der Waals surface area contributed by atoms with Crippen molar-refractivity contribution in [2.24, 2.45) is 5.73 Å². The fourth-order valence-electron chi connectivity index (χ4n) is 3.72. The van der Waals surface area contributed by atoms with Gasteiger partial charge in [-0.3, -0.25) is 9.59 Å². The molecule has 0 aliphatic heterocycles. The summed E-state index contributed by atoms with van der Waals surface area (Å²) in [6.07, 6.45) is 4.14. The molecule has 3 rings (SSSR count). The predicted octanol–water partition coefficient (Wildman–Crippen LogP) is 5.64. The smallest absolute Gasteiger partial charge is 0.251 e. The molecule has 3 aromatic rings. The molecule has 206 valence electrons. The highest BCUT2D eigenvalue weighted by molar-refractivity contribution is 6.32. The number of methoxy groups -OCH3 is 1. The number of nitrogens with two attached hydrogens (primary N) is 1. The number of anilines is 3. The Labute approximate surface area is 234 Å². The summed E-state index contributed by atoms with van der Waals surface area (Å²) in [7, 11) is 4.69. The molecule has 0 aliphatic rings. The Kier molecular flexibility index (Phi) is 11.7. The van der Waals surface area contributed by atoms with Crippen molar-refractivity contribution < 1.29 is 14.3 Å². The van der Waals surface area contributed by atoms with Gasteiger partial charge in [0.2, 0.25) is 5.95 Å². The Bertz CT molecular complexity index is 1380. The number of benzene rings is 2. The van der Waals surface area contributed by atoms with Crippen molar-refractivity contribution in [3.8, 4) is 16.9 Å². The number of aldehydes is 1. The molecule has 0 fully saturated rings. The van der Waals surface area contributed by atoms with Gasteiger partial charge in [-0.15, -0.1) is 0 Å². The second kappa shape index (κ2) is 14.7. The molecule has 39 heavy (non-hydrogen) atoms. The SMILES string of the molecule is C/C=C(C)\C(C=O)=C(/C)Nc1nc(Nc2cc(C)c(-c3ccc(C(=O)NC)cc3)cc2OC)ncc1Cl.CN. The van der Waals surface area contributed by atoms with Crippen molar-refractivity contribution in [1.82, 2.24) is 15.3 Å². The van der Waals surface area contributed by atoms with E-state index >= 15 is 0 Å². The highest BCUT2D eigenvalue weighted by atomic mass is 35.5. The number of hydrogen-bond acceptors (Lipinski definition) is 8. The molecule has 0 atom stereocenters. The normalized spacial score (nSPS) is 11.5. The first kappa shape index (κ1) is 31.0. The van der Waals surface area contributed by atoms with E-state index in [1.165, 1.54) is 13.2 Å². The zero-order chi connectivity index (χ0) is 29.1. The van der Waals surface area contributed by atoms with Crippen LogP contribution in [0.3, 0.4) is 0 Å². The molecular formula is C29H35ClN6O3.